The van der Waals surface area contributed by atoms with Crippen molar-refractivity contribution in [1.29, 1.82) is 0 Å². The number of hydrogen-bond donors (Lipinski definition) is 2. The van der Waals surface area contributed by atoms with Gasteiger partial charge in [0.25, 0.3) is 5.56 Å². The molecule has 0 fully saturated rings. The SMILES string of the molecule is Cn1cc(C[C@H](NC(=O)OC(C)(C)C)C(=O)NCCn2cnc3ccccc3c2=O)c2ccccc21. The zero-order chi connectivity index (χ0) is 25.9. The molecule has 36 heavy (non-hydrogen) atoms. The molecular weight excluding hydrogens is 458 g/mol. The molecule has 0 aliphatic heterocycles. The zero-order valence-corrected chi connectivity index (χ0v) is 20.9. The van der Waals surface area contributed by atoms with Crippen LogP contribution in [0, 0.1) is 0 Å². The molecule has 0 aliphatic carbocycles. The van der Waals surface area contributed by atoms with Gasteiger partial charge in [-0.3, -0.25) is 14.2 Å². The monoisotopic (exact) mass is 489 g/mol. The number of benzene rings is 2. The third kappa shape index (κ3) is 5.73. The second kappa shape index (κ2) is 10.2. The van der Waals surface area contributed by atoms with Crippen molar-refractivity contribution in [3.8, 4) is 0 Å². The summed E-state index contributed by atoms with van der Waals surface area (Å²) in [4.78, 5) is 42.7. The molecule has 2 aromatic carbocycles. The summed E-state index contributed by atoms with van der Waals surface area (Å²) in [7, 11) is 1.94. The van der Waals surface area contributed by atoms with Crippen LogP contribution in [0.4, 0.5) is 4.79 Å². The summed E-state index contributed by atoms with van der Waals surface area (Å²) in [6.07, 6.45) is 3.05. The summed E-state index contributed by atoms with van der Waals surface area (Å²) in [5.74, 6) is -0.365. The topological polar surface area (TPSA) is 107 Å². The molecule has 0 radical (unpaired) electrons. The van der Waals surface area contributed by atoms with Crippen molar-refractivity contribution >= 4 is 33.8 Å². The summed E-state index contributed by atoms with van der Waals surface area (Å²) in [5.41, 5.74) is 1.72. The first kappa shape index (κ1) is 25.0. The molecule has 0 spiro atoms. The van der Waals surface area contributed by atoms with Crippen LogP contribution in [-0.2, 0) is 29.5 Å². The third-order valence-corrected chi connectivity index (χ3v) is 5.79. The number of carbonyl (C=O) groups is 2. The Labute approximate surface area is 209 Å². The largest absolute Gasteiger partial charge is 0.444 e. The normalized spacial score (nSPS) is 12.4. The van der Waals surface area contributed by atoms with E-state index in [4.69, 9.17) is 4.74 Å². The third-order valence-electron chi connectivity index (χ3n) is 5.79. The lowest BCUT2D eigenvalue weighted by Crippen LogP contribution is -2.50. The molecule has 2 aromatic heterocycles. The van der Waals surface area contributed by atoms with E-state index in [0.717, 1.165) is 16.5 Å². The summed E-state index contributed by atoms with van der Waals surface area (Å²) in [6, 6.07) is 14.2. The molecule has 0 bridgehead atoms. The number of carbonyl (C=O) groups excluding carboxylic acids is 2. The summed E-state index contributed by atoms with van der Waals surface area (Å²) >= 11 is 0. The van der Waals surface area contributed by atoms with E-state index < -0.39 is 17.7 Å². The number of alkyl carbamates (subject to hydrolysis) is 1. The molecule has 9 heteroatoms. The quantitative estimate of drug-likeness (QED) is 0.415. The van der Waals surface area contributed by atoms with Gasteiger partial charge in [0, 0.05) is 43.7 Å². The van der Waals surface area contributed by atoms with Crippen molar-refractivity contribution in [2.24, 2.45) is 7.05 Å². The predicted octanol–water partition coefficient (Wildman–Crippen LogP) is 3.14. The first-order chi connectivity index (χ1) is 17.1. The second-order valence-electron chi connectivity index (χ2n) is 9.74. The van der Waals surface area contributed by atoms with E-state index in [-0.39, 0.29) is 31.0 Å². The first-order valence-electron chi connectivity index (χ1n) is 11.9. The molecule has 2 amide bonds. The average molecular weight is 490 g/mol. The highest BCUT2D eigenvalue weighted by Gasteiger charge is 2.25. The van der Waals surface area contributed by atoms with Crippen LogP contribution in [0.2, 0.25) is 0 Å². The van der Waals surface area contributed by atoms with Gasteiger partial charge in [-0.05, 0) is 44.5 Å². The van der Waals surface area contributed by atoms with Crippen molar-refractivity contribution < 1.29 is 14.3 Å². The lowest BCUT2D eigenvalue weighted by atomic mass is 10.0. The number of nitrogens with one attached hydrogen (secondary N) is 2. The van der Waals surface area contributed by atoms with Crippen molar-refractivity contribution in [1.82, 2.24) is 24.8 Å². The van der Waals surface area contributed by atoms with E-state index in [2.05, 4.69) is 15.6 Å². The molecule has 2 N–H and O–H groups in total. The van der Waals surface area contributed by atoms with Gasteiger partial charge in [0.05, 0.1) is 17.2 Å². The van der Waals surface area contributed by atoms with E-state index in [9.17, 15) is 14.4 Å². The molecule has 4 rings (SSSR count). The Balaban J connectivity index is 1.49. The molecule has 9 nitrogen and oxygen atoms in total. The number of ether oxygens (including phenoxy) is 1. The molecule has 4 aromatic rings. The minimum Gasteiger partial charge on any atom is -0.444 e. The van der Waals surface area contributed by atoms with E-state index in [1.165, 1.54) is 10.9 Å². The zero-order valence-electron chi connectivity index (χ0n) is 20.9. The van der Waals surface area contributed by atoms with Crippen LogP contribution >= 0.6 is 0 Å². The number of rotatable bonds is 7. The molecule has 0 saturated carbocycles. The highest BCUT2D eigenvalue weighted by Crippen LogP contribution is 2.22. The Morgan fingerprint density at radius 2 is 1.75 bits per heavy atom. The Morgan fingerprint density at radius 1 is 1.06 bits per heavy atom. The number of aryl methyl sites for hydroxylation is 1. The molecule has 2 heterocycles. The predicted molar refractivity (Wildman–Crippen MR) is 139 cm³/mol. The fourth-order valence-electron chi connectivity index (χ4n) is 4.16. The van der Waals surface area contributed by atoms with Crippen LogP contribution in [0.1, 0.15) is 26.3 Å². The van der Waals surface area contributed by atoms with Crippen LogP contribution in [0.5, 0.6) is 0 Å². The van der Waals surface area contributed by atoms with Crippen LogP contribution in [-0.4, -0.2) is 44.3 Å². The maximum atomic E-state index is 13.2. The smallest absolute Gasteiger partial charge is 0.408 e. The number of amides is 2. The maximum Gasteiger partial charge on any atom is 0.408 e. The minimum absolute atomic E-state index is 0.172. The minimum atomic E-state index is -0.864. The molecule has 0 saturated heterocycles. The van der Waals surface area contributed by atoms with E-state index >= 15 is 0 Å². The Morgan fingerprint density at radius 3 is 2.50 bits per heavy atom. The first-order valence-corrected chi connectivity index (χ1v) is 11.9. The summed E-state index contributed by atoms with van der Waals surface area (Å²) in [6.45, 7) is 5.74. The average Bonchev–Trinajstić information content (AvgIpc) is 3.14. The number of aromatic nitrogens is 3. The Bertz CT molecular complexity index is 1460. The van der Waals surface area contributed by atoms with Gasteiger partial charge in [0.1, 0.15) is 11.6 Å². The molecule has 1 atom stereocenters. The van der Waals surface area contributed by atoms with Crippen LogP contribution < -0.4 is 16.2 Å². The molecule has 0 aliphatic rings. The van der Waals surface area contributed by atoms with Crippen molar-refractivity contribution in [2.75, 3.05) is 6.54 Å². The van der Waals surface area contributed by atoms with Gasteiger partial charge in [-0.15, -0.1) is 0 Å². The maximum absolute atomic E-state index is 13.2. The number of hydrogen-bond acceptors (Lipinski definition) is 5. The molecule has 188 valence electrons. The van der Waals surface area contributed by atoms with E-state index in [1.54, 1.807) is 39.0 Å². The van der Waals surface area contributed by atoms with Crippen molar-refractivity contribution in [3.05, 3.63) is 77.0 Å². The van der Waals surface area contributed by atoms with Crippen LogP contribution in [0.15, 0.2) is 65.8 Å². The molecular formula is C27H31N5O4. The van der Waals surface area contributed by atoms with Gasteiger partial charge < -0.3 is 19.9 Å². The van der Waals surface area contributed by atoms with Gasteiger partial charge in [-0.25, -0.2) is 9.78 Å². The molecule has 0 unspecified atom stereocenters. The van der Waals surface area contributed by atoms with Gasteiger partial charge >= 0.3 is 6.09 Å². The summed E-state index contributed by atoms with van der Waals surface area (Å²) < 4.78 is 8.84. The second-order valence-corrected chi connectivity index (χ2v) is 9.74. The standard InChI is InChI=1S/C27H31N5O4/c1-27(2,3)36-26(35)30-22(15-18-16-31(4)23-12-8-6-9-19(18)23)24(33)28-13-14-32-17-29-21-11-7-5-10-20(21)25(32)34/h5-12,16-17,22H,13-15H2,1-4H3,(H,28,33)(H,30,35)/t22-/m0/s1. The van der Waals surface area contributed by atoms with Gasteiger partial charge in [-0.1, -0.05) is 30.3 Å². The van der Waals surface area contributed by atoms with E-state index in [0.29, 0.717) is 10.9 Å². The van der Waals surface area contributed by atoms with Crippen LogP contribution in [0.3, 0.4) is 0 Å². The van der Waals surface area contributed by atoms with Crippen LogP contribution in [0.25, 0.3) is 21.8 Å². The van der Waals surface area contributed by atoms with Gasteiger partial charge in [0.2, 0.25) is 5.91 Å². The van der Waals surface area contributed by atoms with Gasteiger partial charge in [-0.2, -0.15) is 0 Å². The van der Waals surface area contributed by atoms with E-state index in [1.807, 2.05) is 48.1 Å². The Kier molecular flexibility index (Phi) is 7.10. The number of para-hydroxylation sites is 2. The Hall–Kier alpha value is -4.14. The highest BCUT2D eigenvalue weighted by atomic mass is 16.6. The van der Waals surface area contributed by atoms with Crippen molar-refractivity contribution in [3.63, 3.8) is 0 Å². The lowest BCUT2D eigenvalue weighted by Gasteiger charge is -2.23. The fraction of sp³-hybridized carbons (Fsp3) is 0.333. The number of nitrogens with zero attached hydrogens (tertiary/aromatic N) is 3. The lowest BCUT2D eigenvalue weighted by molar-refractivity contribution is -0.123. The van der Waals surface area contributed by atoms with Gasteiger partial charge in [0.15, 0.2) is 0 Å². The fourth-order valence-corrected chi connectivity index (χ4v) is 4.16. The highest BCUT2D eigenvalue weighted by molar-refractivity contribution is 5.88. The van der Waals surface area contributed by atoms with Crippen molar-refractivity contribution in [2.45, 2.75) is 45.4 Å². The number of fused-ring (bicyclic) bond motifs is 2. The summed E-state index contributed by atoms with van der Waals surface area (Å²) in [5, 5.41) is 7.09.